The van der Waals surface area contributed by atoms with Gasteiger partial charge in [0, 0.05) is 0 Å². The van der Waals surface area contributed by atoms with Crippen molar-refractivity contribution in [3.63, 3.8) is 0 Å². The zero-order chi connectivity index (χ0) is 13.1. The molecule has 0 atom stereocenters. The van der Waals surface area contributed by atoms with Crippen LogP contribution in [0.5, 0.6) is 0 Å². The standard InChI is InChI=1S/C10H21O6P/c1-5-12-10(11)9-16-17(13-6-2,14-7-3)15-8-4/h9H,5-8H2,1-4H3/b10-9+. The minimum Gasteiger partial charge on any atom is -0.611 e. The maximum absolute atomic E-state index is 11.2. The van der Waals surface area contributed by atoms with E-state index in [2.05, 4.69) is 0 Å². The minimum atomic E-state index is -2.93. The van der Waals surface area contributed by atoms with E-state index in [0.29, 0.717) is 19.8 Å². The first kappa shape index (κ1) is 16.4. The summed E-state index contributed by atoms with van der Waals surface area (Å²) < 4.78 is 25.9. The highest BCUT2D eigenvalue weighted by Crippen LogP contribution is 2.63. The van der Waals surface area contributed by atoms with Gasteiger partial charge in [0.2, 0.25) is 0 Å². The molecule has 0 bridgehead atoms. The van der Waals surface area contributed by atoms with Gasteiger partial charge in [-0.25, -0.2) is 0 Å². The molecule has 0 unspecified atom stereocenters. The normalized spacial score (nSPS) is 12.6. The van der Waals surface area contributed by atoms with E-state index in [1.807, 2.05) is 0 Å². The SMILES string of the molecule is CCO/C([O-])=C/O[P+](OCC)(OCC)OCC. The zero-order valence-electron chi connectivity index (χ0n) is 10.8. The van der Waals surface area contributed by atoms with Crippen molar-refractivity contribution in [3.8, 4) is 0 Å². The van der Waals surface area contributed by atoms with Gasteiger partial charge in [0.05, 0.1) is 25.8 Å². The lowest BCUT2D eigenvalue weighted by Gasteiger charge is -2.18. The van der Waals surface area contributed by atoms with Gasteiger partial charge < -0.3 is 9.84 Å². The van der Waals surface area contributed by atoms with Crippen molar-refractivity contribution in [1.82, 2.24) is 0 Å². The molecule has 6 nitrogen and oxygen atoms in total. The molecule has 0 aliphatic carbocycles. The van der Waals surface area contributed by atoms with E-state index in [9.17, 15) is 5.11 Å². The van der Waals surface area contributed by atoms with E-state index < -0.39 is 14.1 Å². The third kappa shape index (κ3) is 6.68. The summed E-state index contributed by atoms with van der Waals surface area (Å²) in [7, 11) is -2.93. The molecule has 102 valence electrons. The molecular weight excluding hydrogens is 247 g/mol. The van der Waals surface area contributed by atoms with E-state index in [1.165, 1.54) is 0 Å². The van der Waals surface area contributed by atoms with Gasteiger partial charge in [-0.15, -0.1) is 13.6 Å². The molecule has 0 saturated carbocycles. The van der Waals surface area contributed by atoms with Crippen LogP contribution in [-0.2, 0) is 22.8 Å². The summed E-state index contributed by atoms with van der Waals surface area (Å²) in [6.07, 6.45) is 0.929. The number of ether oxygens (including phenoxy) is 1. The fourth-order valence-corrected chi connectivity index (χ4v) is 2.53. The van der Waals surface area contributed by atoms with Gasteiger partial charge >= 0.3 is 8.17 Å². The summed E-state index contributed by atoms with van der Waals surface area (Å²) in [6.45, 7) is 8.46. The third-order valence-electron chi connectivity index (χ3n) is 1.43. The first-order valence-electron chi connectivity index (χ1n) is 5.65. The Morgan fingerprint density at radius 3 is 1.76 bits per heavy atom. The van der Waals surface area contributed by atoms with Crippen LogP contribution in [0.3, 0.4) is 0 Å². The largest absolute Gasteiger partial charge is 0.621 e. The molecule has 0 aliphatic rings. The highest BCUT2D eigenvalue weighted by atomic mass is 31.2. The first-order chi connectivity index (χ1) is 8.14. The van der Waals surface area contributed by atoms with Crippen molar-refractivity contribution in [2.45, 2.75) is 27.7 Å². The van der Waals surface area contributed by atoms with Gasteiger partial charge in [-0.3, -0.25) is 4.52 Å². The zero-order valence-corrected chi connectivity index (χ0v) is 11.7. The van der Waals surface area contributed by atoms with Gasteiger partial charge in [0.1, 0.15) is 0 Å². The lowest BCUT2D eigenvalue weighted by atomic mass is 10.8. The van der Waals surface area contributed by atoms with Gasteiger partial charge in [-0.2, -0.15) is 0 Å². The van der Waals surface area contributed by atoms with Gasteiger partial charge in [-0.1, -0.05) is 6.92 Å². The second kappa shape index (κ2) is 9.48. The summed E-state index contributed by atoms with van der Waals surface area (Å²) in [5.41, 5.74) is 0. The second-order valence-corrected chi connectivity index (χ2v) is 4.56. The van der Waals surface area contributed by atoms with Crippen molar-refractivity contribution < 1.29 is 27.9 Å². The Morgan fingerprint density at radius 2 is 1.41 bits per heavy atom. The Hall–Kier alpha value is -0.550. The molecule has 0 aliphatic heterocycles. The smallest absolute Gasteiger partial charge is 0.611 e. The predicted molar refractivity (Wildman–Crippen MR) is 62.6 cm³/mol. The third-order valence-corrected chi connectivity index (χ3v) is 3.51. The molecule has 0 N–H and O–H groups in total. The van der Waals surface area contributed by atoms with Crippen molar-refractivity contribution in [2.75, 3.05) is 26.4 Å². The van der Waals surface area contributed by atoms with Crippen molar-refractivity contribution in [3.05, 3.63) is 12.2 Å². The predicted octanol–water partition coefficient (Wildman–Crippen LogP) is 1.99. The second-order valence-electron chi connectivity index (χ2n) is 2.68. The number of rotatable bonds is 10. The maximum Gasteiger partial charge on any atom is 0.621 e. The number of hydrogen-bond acceptors (Lipinski definition) is 6. The molecule has 0 aromatic rings. The Morgan fingerprint density at radius 1 is 0.941 bits per heavy atom. The summed E-state index contributed by atoms with van der Waals surface area (Å²) >= 11 is 0. The Balaban J connectivity index is 4.58. The van der Waals surface area contributed by atoms with Crippen LogP contribution in [0.15, 0.2) is 12.2 Å². The van der Waals surface area contributed by atoms with Gasteiger partial charge in [0.25, 0.3) is 0 Å². The lowest BCUT2D eigenvalue weighted by Crippen LogP contribution is -2.12. The topological polar surface area (TPSA) is 69.2 Å². The first-order valence-corrected chi connectivity index (χ1v) is 7.11. The molecule has 0 fully saturated rings. The average Bonchev–Trinajstić information content (AvgIpc) is 2.28. The average molecular weight is 268 g/mol. The van der Waals surface area contributed by atoms with Crippen LogP contribution in [0.4, 0.5) is 0 Å². The Kier molecular flexibility index (Phi) is 9.17. The van der Waals surface area contributed by atoms with Crippen LogP contribution >= 0.6 is 8.17 Å². The van der Waals surface area contributed by atoms with Crippen LogP contribution in [0.25, 0.3) is 0 Å². The lowest BCUT2D eigenvalue weighted by molar-refractivity contribution is -0.359. The van der Waals surface area contributed by atoms with E-state index in [1.54, 1.807) is 27.7 Å². The van der Waals surface area contributed by atoms with Crippen LogP contribution in [0.2, 0.25) is 0 Å². The number of hydrogen-bond donors (Lipinski definition) is 0. The maximum atomic E-state index is 11.2. The van der Waals surface area contributed by atoms with Crippen LogP contribution in [0, 0.1) is 0 Å². The molecule has 0 aromatic heterocycles. The van der Waals surface area contributed by atoms with Crippen molar-refractivity contribution in [1.29, 1.82) is 0 Å². The van der Waals surface area contributed by atoms with Gasteiger partial charge in [-0.05, 0) is 27.4 Å². The van der Waals surface area contributed by atoms with E-state index in [4.69, 9.17) is 22.8 Å². The molecule has 0 amide bonds. The molecule has 0 saturated heterocycles. The molecular formula is C10H21O6P. The molecule has 0 spiro atoms. The fourth-order valence-electron chi connectivity index (χ4n) is 0.961. The quantitative estimate of drug-likeness (QED) is 0.446. The molecule has 0 heterocycles. The van der Waals surface area contributed by atoms with E-state index in [0.717, 1.165) is 6.26 Å². The van der Waals surface area contributed by atoms with E-state index >= 15 is 0 Å². The van der Waals surface area contributed by atoms with Crippen molar-refractivity contribution in [2.24, 2.45) is 0 Å². The molecule has 17 heavy (non-hydrogen) atoms. The molecule has 7 heteroatoms. The summed E-state index contributed by atoms with van der Waals surface area (Å²) in [5, 5.41) is 11.2. The summed E-state index contributed by atoms with van der Waals surface area (Å²) in [6, 6.07) is 0. The van der Waals surface area contributed by atoms with Crippen LogP contribution in [0.1, 0.15) is 27.7 Å². The molecule has 0 aromatic carbocycles. The minimum absolute atomic E-state index is 0.280. The highest BCUT2D eigenvalue weighted by Gasteiger charge is 2.48. The summed E-state index contributed by atoms with van der Waals surface area (Å²) in [5.74, 6) is -0.587. The monoisotopic (exact) mass is 268 g/mol. The van der Waals surface area contributed by atoms with Gasteiger partial charge in [0.15, 0.2) is 6.26 Å². The summed E-state index contributed by atoms with van der Waals surface area (Å²) in [4.78, 5) is 0. The Bertz CT molecular complexity index is 204. The van der Waals surface area contributed by atoms with Crippen LogP contribution < -0.4 is 5.11 Å². The molecule has 0 radical (unpaired) electrons. The molecule has 0 rings (SSSR count). The van der Waals surface area contributed by atoms with Crippen LogP contribution in [-0.4, -0.2) is 26.4 Å². The van der Waals surface area contributed by atoms with E-state index in [-0.39, 0.29) is 6.61 Å². The Labute approximate surface area is 103 Å². The fraction of sp³-hybridized carbons (Fsp3) is 0.800. The highest BCUT2D eigenvalue weighted by molar-refractivity contribution is 7.56. The van der Waals surface area contributed by atoms with Crippen molar-refractivity contribution >= 4 is 8.17 Å².